The lowest BCUT2D eigenvalue weighted by Gasteiger charge is -2.35. The van der Waals surface area contributed by atoms with Crippen molar-refractivity contribution in [2.24, 2.45) is 5.92 Å². The Morgan fingerprint density at radius 3 is 2.71 bits per heavy atom. The standard InChI is InChI=1S/C16H21FN2O4S/c1-23-9-8-19-13-7-6-12(16(19)20)10-18(11-13)24(21,22)15-5-3-2-4-14(15)17/h2-5,12-13H,6-11H2,1H3/t12-,13+/m1/s1. The molecule has 0 saturated carbocycles. The number of halogens is 1. The van der Waals surface area contributed by atoms with Crippen LogP contribution in [-0.4, -0.2) is 62.9 Å². The summed E-state index contributed by atoms with van der Waals surface area (Å²) in [6.07, 6.45) is 1.42. The highest BCUT2D eigenvalue weighted by atomic mass is 32.2. The van der Waals surface area contributed by atoms with Gasteiger partial charge in [0, 0.05) is 32.8 Å². The van der Waals surface area contributed by atoms with Gasteiger partial charge in [0.2, 0.25) is 15.9 Å². The first-order chi connectivity index (χ1) is 11.4. The summed E-state index contributed by atoms with van der Waals surface area (Å²) in [5, 5.41) is 0. The van der Waals surface area contributed by atoms with Crippen molar-refractivity contribution in [3.8, 4) is 0 Å². The van der Waals surface area contributed by atoms with E-state index in [4.69, 9.17) is 4.74 Å². The number of rotatable bonds is 5. The number of hydrogen-bond donors (Lipinski definition) is 0. The normalized spacial score (nSPS) is 25.1. The van der Waals surface area contributed by atoms with Gasteiger partial charge < -0.3 is 9.64 Å². The minimum Gasteiger partial charge on any atom is -0.383 e. The molecule has 0 unspecified atom stereocenters. The molecule has 0 aliphatic carbocycles. The Kier molecular flexibility index (Phi) is 4.89. The zero-order valence-electron chi connectivity index (χ0n) is 13.5. The van der Waals surface area contributed by atoms with Gasteiger partial charge in [0.15, 0.2) is 0 Å². The summed E-state index contributed by atoms with van der Waals surface area (Å²) in [6, 6.07) is 5.17. The van der Waals surface area contributed by atoms with Gasteiger partial charge in [-0.1, -0.05) is 12.1 Å². The maximum absolute atomic E-state index is 14.0. The van der Waals surface area contributed by atoms with Crippen LogP contribution in [0.3, 0.4) is 0 Å². The Morgan fingerprint density at radius 1 is 1.25 bits per heavy atom. The second-order valence-corrected chi connectivity index (χ2v) is 8.11. The van der Waals surface area contributed by atoms with Gasteiger partial charge in [-0.15, -0.1) is 0 Å². The first-order valence-corrected chi connectivity index (χ1v) is 9.43. The lowest BCUT2D eigenvalue weighted by molar-refractivity contribution is -0.140. The van der Waals surface area contributed by atoms with E-state index in [1.807, 2.05) is 0 Å². The second kappa shape index (κ2) is 6.78. The number of carbonyl (C=O) groups excluding carboxylic acids is 1. The first-order valence-electron chi connectivity index (χ1n) is 7.99. The van der Waals surface area contributed by atoms with Crippen LogP contribution in [0, 0.1) is 11.7 Å². The van der Waals surface area contributed by atoms with Crippen LogP contribution in [0.2, 0.25) is 0 Å². The van der Waals surface area contributed by atoms with Crippen molar-refractivity contribution >= 4 is 15.9 Å². The molecule has 2 atom stereocenters. The lowest BCUT2D eigenvalue weighted by atomic mass is 9.94. The van der Waals surface area contributed by atoms with Crippen LogP contribution in [0.15, 0.2) is 29.2 Å². The third-order valence-electron chi connectivity index (χ3n) is 4.75. The number of amides is 1. The average molecular weight is 356 g/mol. The summed E-state index contributed by atoms with van der Waals surface area (Å²) in [7, 11) is -2.40. The average Bonchev–Trinajstić information content (AvgIpc) is 2.85. The highest BCUT2D eigenvalue weighted by Gasteiger charge is 2.44. The van der Waals surface area contributed by atoms with Gasteiger partial charge in [-0.05, 0) is 25.0 Å². The topological polar surface area (TPSA) is 66.9 Å². The highest BCUT2D eigenvalue weighted by Crippen LogP contribution is 2.32. The van der Waals surface area contributed by atoms with Crippen LogP contribution in [-0.2, 0) is 19.6 Å². The molecule has 24 heavy (non-hydrogen) atoms. The zero-order chi connectivity index (χ0) is 17.3. The van der Waals surface area contributed by atoms with E-state index in [-0.39, 0.29) is 35.9 Å². The Morgan fingerprint density at radius 2 is 2.00 bits per heavy atom. The van der Waals surface area contributed by atoms with E-state index >= 15 is 0 Å². The molecule has 0 aromatic heterocycles. The van der Waals surface area contributed by atoms with E-state index in [0.29, 0.717) is 19.6 Å². The number of benzene rings is 1. The van der Waals surface area contributed by atoms with Gasteiger partial charge in [-0.25, -0.2) is 12.8 Å². The fraction of sp³-hybridized carbons (Fsp3) is 0.562. The van der Waals surface area contributed by atoms with Gasteiger partial charge in [0.1, 0.15) is 10.7 Å². The van der Waals surface area contributed by atoms with Crippen molar-refractivity contribution in [1.82, 2.24) is 9.21 Å². The van der Waals surface area contributed by atoms with Crippen molar-refractivity contribution in [2.45, 2.75) is 23.8 Å². The Hall–Kier alpha value is -1.51. The van der Waals surface area contributed by atoms with Crippen LogP contribution in [0.1, 0.15) is 12.8 Å². The third-order valence-corrected chi connectivity index (χ3v) is 6.62. The minimum absolute atomic E-state index is 0.0328. The molecule has 1 aromatic carbocycles. The lowest BCUT2D eigenvalue weighted by Crippen LogP contribution is -2.49. The summed E-state index contributed by atoms with van der Waals surface area (Å²) in [5.74, 6) is -1.17. The van der Waals surface area contributed by atoms with Crippen molar-refractivity contribution < 1.29 is 22.3 Å². The van der Waals surface area contributed by atoms with Crippen LogP contribution in [0.4, 0.5) is 4.39 Å². The molecule has 4 rings (SSSR count). The fourth-order valence-electron chi connectivity index (χ4n) is 3.47. The number of carbonyl (C=O) groups is 1. The molecule has 3 aliphatic heterocycles. The maximum atomic E-state index is 14.0. The number of sulfonamides is 1. The molecule has 6 nitrogen and oxygen atoms in total. The summed E-state index contributed by atoms with van der Waals surface area (Å²) in [4.78, 5) is 13.9. The smallest absolute Gasteiger partial charge is 0.246 e. The quantitative estimate of drug-likeness (QED) is 0.792. The number of methoxy groups -OCH3 is 1. The zero-order valence-corrected chi connectivity index (χ0v) is 14.3. The van der Waals surface area contributed by atoms with Gasteiger partial charge in [-0.3, -0.25) is 4.79 Å². The molecule has 132 valence electrons. The molecular formula is C16H21FN2O4S. The predicted molar refractivity (Wildman–Crippen MR) is 85.3 cm³/mol. The SMILES string of the molecule is COCCN1C(=O)[C@@H]2CC[C@H]1CN(S(=O)(=O)c1ccccc1F)C2. The Bertz CT molecular complexity index is 725. The number of hydrogen-bond acceptors (Lipinski definition) is 4. The second-order valence-electron chi connectivity index (χ2n) is 6.20. The molecule has 1 aromatic rings. The molecule has 0 N–H and O–H groups in total. The highest BCUT2D eigenvalue weighted by molar-refractivity contribution is 7.89. The summed E-state index contributed by atoms with van der Waals surface area (Å²) < 4.78 is 46.0. The van der Waals surface area contributed by atoms with Crippen LogP contribution >= 0.6 is 0 Å². The number of ether oxygens (including phenoxy) is 1. The number of piperidine rings is 1. The van der Waals surface area contributed by atoms with Crippen molar-refractivity contribution in [2.75, 3.05) is 33.4 Å². The van der Waals surface area contributed by atoms with Gasteiger partial charge in [0.05, 0.1) is 12.5 Å². The third kappa shape index (κ3) is 3.05. The molecule has 1 amide bonds. The number of fused-ring (bicyclic) bond motifs is 4. The fourth-order valence-corrected chi connectivity index (χ4v) is 5.06. The molecule has 8 heteroatoms. The summed E-state index contributed by atoms with van der Waals surface area (Å²) in [5.41, 5.74) is 0. The molecule has 3 fully saturated rings. The van der Waals surface area contributed by atoms with Crippen LogP contribution in [0.5, 0.6) is 0 Å². The monoisotopic (exact) mass is 356 g/mol. The van der Waals surface area contributed by atoms with Crippen molar-refractivity contribution in [3.05, 3.63) is 30.1 Å². The molecule has 3 aliphatic rings. The van der Waals surface area contributed by atoms with Gasteiger partial charge >= 0.3 is 0 Å². The first kappa shape index (κ1) is 17.3. The summed E-state index contributed by atoms with van der Waals surface area (Å²) in [6.45, 7) is 1.16. The van der Waals surface area contributed by atoms with E-state index in [2.05, 4.69) is 0 Å². The molecule has 0 radical (unpaired) electrons. The van der Waals surface area contributed by atoms with E-state index in [1.54, 1.807) is 12.0 Å². The van der Waals surface area contributed by atoms with Crippen LogP contribution < -0.4 is 0 Å². The molecule has 3 heterocycles. The van der Waals surface area contributed by atoms with Crippen molar-refractivity contribution in [3.63, 3.8) is 0 Å². The maximum Gasteiger partial charge on any atom is 0.246 e. The Labute approximate surface area is 141 Å². The van der Waals surface area contributed by atoms with Gasteiger partial charge in [0.25, 0.3) is 0 Å². The molecular weight excluding hydrogens is 335 g/mol. The van der Waals surface area contributed by atoms with E-state index < -0.39 is 15.8 Å². The van der Waals surface area contributed by atoms with E-state index in [1.165, 1.54) is 22.5 Å². The summed E-state index contributed by atoms with van der Waals surface area (Å²) >= 11 is 0. The molecule has 3 saturated heterocycles. The van der Waals surface area contributed by atoms with Gasteiger partial charge in [-0.2, -0.15) is 4.31 Å². The van der Waals surface area contributed by atoms with E-state index in [9.17, 15) is 17.6 Å². The Balaban J connectivity index is 1.89. The minimum atomic E-state index is -3.96. The van der Waals surface area contributed by atoms with Crippen LogP contribution in [0.25, 0.3) is 0 Å². The largest absolute Gasteiger partial charge is 0.383 e. The predicted octanol–water partition coefficient (Wildman–Crippen LogP) is 1.08. The van der Waals surface area contributed by atoms with Crippen molar-refractivity contribution in [1.29, 1.82) is 0 Å². The number of nitrogens with zero attached hydrogens (tertiary/aromatic N) is 2. The molecule has 0 spiro atoms. The van der Waals surface area contributed by atoms with E-state index in [0.717, 1.165) is 12.5 Å². The molecule has 2 bridgehead atoms.